The van der Waals surface area contributed by atoms with Crippen molar-refractivity contribution in [2.24, 2.45) is 0 Å². The molecule has 0 fully saturated rings. The van der Waals surface area contributed by atoms with Gasteiger partial charge in [0.15, 0.2) is 16.3 Å². The van der Waals surface area contributed by atoms with Crippen molar-refractivity contribution in [2.45, 2.75) is 31.3 Å². The van der Waals surface area contributed by atoms with E-state index in [-0.39, 0.29) is 33.4 Å². The number of halogens is 3. The number of aryl methyl sites for hydroxylation is 2. The van der Waals surface area contributed by atoms with Crippen molar-refractivity contribution >= 4 is 27.5 Å². The highest BCUT2D eigenvalue weighted by Gasteiger charge is 2.41. The summed E-state index contributed by atoms with van der Waals surface area (Å²) in [6.45, 7) is 3.88. The van der Waals surface area contributed by atoms with E-state index < -0.39 is 28.1 Å². The number of carboxylic acids is 1. The highest BCUT2D eigenvalue weighted by atomic mass is 32.3. The molecule has 0 aliphatic heterocycles. The minimum Gasteiger partial charge on any atom is -0.476 e. The highest BCUT2D eigenvalue weighted by molar-refractivity contribution is 7.97. The van der Waals surface area contributed by atoms with Gasteiger partial charge in [0.05, 0.1) is 5.69 Å². The zero-order chi connectivity index (χ0) is 30.4. The van der Waals surface area contributed by atoms with Crippen LogP contribution in [0.5, 0.6) is 0 Å². The van der Waals surface area contributed by atoms with Crippen LogP contribution in [0.1, 0.15) is 38.4 Å². The van der Waals surface area contributed by atoms with Crippen molar-refractivity contribution in [2.75, 3.05) is 6.26 Å². The van der Waals surface area contributed by atoms with Gasteiger partial charge in [-0.2, -0.15) is 22.8 Å². The van der Waals surface area contributed by atoms with Gasteiger partial charge in [-0.3, -0.25) is 0 Å². The molecule has 42 heavy (non-hydrogen) atoms. The third-order valence-electron chi connectivity index (χ3n) is 6.76. The van der Waals surface area contributed by atoms with Crippen molar-refractivity contribution in [3.63, 3.8) is 0 Å². The zero-order valence-corrected chi connectivity index (χ0v) is 24.3. The Morgan fingerprint density at radius 1 is 1.00 bits per heavy atom. The number of carbonyl (C=O) groups is 1. The lowest BCUT2D eigenvalue weighted by Gasteiger charge is -2.13. The molecule has 0 saturated carbocycles. The van der Waals surface area contributed by atoms with Crippen LogP contribution in [-0.4, -0.2) is 36.6 Å². The summed E-state index contributed by atoms with van der Waals surface area (Å²) >= 11 is 0.742. The number of rotatable bonds is 7. The number of thiazole rings is 1. The Morgan fingerprint density at radius 3 is 2.21 bits per heavy atom. The summed E-state index contributed by atoms with van der Waals surface area (Å²) in [5.74, 6) is -1.36. The number of alkyl halides is 3. The van der Waals surface area contributed by atoms with Gasteiger partial charge in [-0.05, 0) is 54.3 Å². The quantitative estimate of drug-likeness (QED) is 0.184. The standard InChI is InChI=1S/C30H24F3N3O4S2/c1-17-4-9-20(10-5-17)23-15-21(11-6-18(23)2)26-24(14-19-7-12-22(13-8-19)42(3,39)40)27(30(31,32)33)36(35-26)29-34-25(16-41-29)28(37)38/h4-13,15-16H,14H2,1-3H3,(H-,37,38,39,40)/p+1. The molecule has 0 spiro atoms. The zero-order valence-electron chi connectivity index (χ0n) is 22.6. The minimum atomic E-state index is -4.87. The van der Waals surface area contributed by atoms with Crippen LogP contribution in [0.4, 0.5) is 13.2 Å². The molecule has 2 aromatic heterocycles. The molecule has 0 bridgehead atoms. The second-order valence-corrected chi connectivity index (χ2v) is 12.8. The van der Waals surface area contributed by atoms with E-state index in [0.29, 0.717) is 15.8 Å². The number of aromatic carboxylic acids is 1. The maximum absolute atomic E-state index is 14.8. The molecule has 3 aromatic carbocycles. The Labute approximate surface area is 244 Å². The van der Waals surface area contributed by atoms with Crippen molar-refractivity contribution in [1.29, 1.82) is 0 Å². The number of nitrogens with zero attached hydrogens (tertiary/aromatic N) is 3. The van der Waals surface area contributed by atoms with Gasteiger partial charge in [-0.1, -0.05) is 58.3 Å². The molecule has 216 valence electrons. The first-order valence-electron chi connectivity index (χ1n) is 12.6. The van der Waals surface area contributed by atoms with E-state index in [1.807, 2.05) is 44.2 Å². The molecule has 1 atom stereocenters. The van der Waals surface area contributed by atoms with Gasteiger partial charge < -0.3 is 5.11 Å². The molecule has 0 saturated heterocycles. The SMILES string of the molecule is Cc1ccc(-c2cc(-c3nn(-c4nc(C(=O)O)cs4)c(C(F)(F)F)c3Cc3ccc([S+](C)(=O)O)cc3)ccc2C)cc1. The number of hydrogen-bond donors (Lipinski definition) is 2. The van der Waals surface area contributed by atoms with Crippen LogP contribution in [0.15, 0.2) is 77.0 Å². The summed E-state index contributed by atoms with van der Waals surface area (Å²) < 4.78 is 66.9. The molecular formula is C30H25F3N3O4S2+. The van der Waals surface area contributed by atoms with E-state index in [4.69, 9.17) is 0 Å². The smallest absolute Gasteiger partial charge is 0.433 e. The first-order chi connectivity index (χ1) is 19.7. The molecule has 0 amide bonds. The lowest BCUT2D eigenvalue weighted by atomic mass is 9.93. The van der Waals surface area contributed by atoms with Crippen LogP contribution in [0, 0.1) is 13.8 Å². The normalized spacial score (nSPS) is 13.2. The maximum atomic E-state index is 14.8. The number of aromatic nitrogens is 3. The van der Waals surface area contributed by atoms with Gasteiger partial charge in [0.1, 0.15) is 6.26 Å². The second-order valence-electron chi connectivity index (χ2n) is 9.92. The minimum absolute atomic E-state index is 0.0632. The first kappa shape index (κ1) is 29.4. The monoisotopic (exact) mass is 612 g/mol. The van der Waals surface area contributed by atoms with E-state index >= 15 is 0 Å². The number of hydrogen-bond acceptors (Lipinski definition) is 5. The predicted octanol–water partition coefficient (Wildman–Crippen LogP) is 7.55. The molecule has 1 unspecified atom stereocenters. The predicted molar refractivity (Wildman–Crippen MR) is 156 cm³/mol. The largest absolute Gasteiger partial charge is 0.476 e. The fourth-order valence-corrected chi connectivity index (χ4v) is 6.01. The Hall–Kier alpha value is -4.13. The molecule has 2 heterocycles. The van der Waals surface area contributed by atoms with Gasteiger partial charge in [0, 0.05) is 22.9 Å². The molecule has 0 radical (unpaired) electrons. The summed E-state index contributed by atoms with van der Waals surface area (Å²) in [7, 11) is -3.25. The Bertz CT molecular complexity index is 1840. The summed E-state index contributed by atoms with van der Waals surface area (Å²) in [6, 6.07) is 19.0. The molecule has 0 aliphatic carbocycles. The van der Waals surface area contributed by atoms with Gasteiger partial charge in [-0.15, -0.1) is 11.3 Å². The van der Waals surface area contributed by atoms with E-state index in [0.717, 1.165) is 45.2 Å². The van der Waals surface area contributed by atoms with Crippen molar-refractivity contribution < 1.29 is 31.8 Å². The Kier molecular flexibility index (Phi) is 7.64. The van der Waals surface area contributed by atoms with E-state index in [9.17, 15) is 31.8 Å². The first-order valence-corrected chi connectivity index (χ1v) is 15.4. The van der Waals surface area contributed by atoms with Crippen LogP contribution in [0.2, 0.25) is 0 Å². The third kappa shape index (κ3) is 5.91. The number of carboxylic acid groups (broad SMARTS) is 1. The van der Waals surface area contributed by atoms with Gasteiger partial charge in [0.2, 0.25) is 15.3 Å². The molecule has 7 nitrogen and oxygen atoms in total. The maximum Gasteiger partial charge on any atom is 0.433 e. The van der Waals surface area contributed by atoms with Gasteiger partial charge in [0.25, 0.3) is 0 Å². The average molecular weight is 613 g/mol. The molecule has 5 rings (SSSR count). The van der Waals surface area contributed by atoms with Crippen LogP contribution >= 0.6 is 11.3 Å². The van der Waals surface area contributed by atoms with Crippen LogP contribution in [-0.2, 0) is 27.0 Å². The van der Waals surface area contributed by atoms with Crippen LogP contribution in [0.3, 0.4) is 0 Å². The second kappa shape index (κ2) is 10.9. The average Bonchev–Trinajstić information content (AvgIpc) is 3.55. The van der Waals surface area contributed by atoms with Gasteiger partial charge in [-0.25, -0.2) is 14.5 Å². The Morgan fingerprint density at radius 2 is 1.64 bits per heavy atom. The van der Waals surface area contributed by atoms with E-state index in [2.05, 4.69) is 10.1 Å². The summed E-state index contributed by atoms with van der Waals surface area (Å²) in [4.78, 5) is 15.5. The van der Waals surface area contributed by atoms with Crippen LogP contribution in [0.25, 0.3) is 27.5 Å². The van der Waals surface area contributed by atoms with Crippen molar-refractivity contribution in [3.05, 3.63) is 106 Å². The molecular weight excluding hydrogens is 587 g/mol. The van der Waals surface area contributed by atoms with Gasteiger partial charge >= 0.3 is 12.1 Å². The van der Waals surface area contributed by atoms with E-state index in [1.165, 1.54) is 24.3 Å². The number of benzene rings is 3. The molecule has 0 aliphatic rings. The molecule has 2 N–H and O–H groups in total. The molecule has 12 heteroatoms. The van der Waals surface area contributed by atoms with Crippen LogP contribution < -0.4 is 0 Å². The fourth-order valence-electron chi connectivity index (χ4n) is 4.62. The summed E-state index contributed by atoms with van der Waals surface area (Å²) in [5.41, 5.74) is 3.08. The lowest BCUT2D eigenvalue weighted by Crippen LogP contribution is -2.16. The van der Waals surface area contributed by atoms with Crippen molar-refractivity contribution in [3.8, 4) is 27.5 Å². The van der Waals surface area contributed by atoms with E-state index in [1.54, 1.807) is 12.1 Å². The fraction of sp³-hybridized carbons (Fsp3) is 0.167. The third-order valence-corrected chi connectivity index (χ3v) is 8.72. The Balaban J connectivity index is 1.74. The van der Waals surface area contributed by atoms with Crippen molar-refractivity contribution in [1.82, 2.24) is 14.8 Å². The lowest BCUT2D eigenvalue weighted by molar-refractivity contribution is -0.143. The summed E-state index contributed by atoms with van der Waals surface area (Å²) in [5, 5.41) is 14.6. The topological polar surface area (TPSA) is 105 Å². The highest BCUT2D eigenvalue weighted by Crippen LogP contribution is 2.41. The molecule has 5 aromatic rings. The summed E-state index contributed by atoms with van der Waals surface area (Å²) in [6.07, 6.45) is -3.91.